The third kappa shape index (κ3) is 3.61. The van der Waals surface area contributed by atoms with E-state index in [0.717, 1.165) is 43.9 Å². The van der Waals surface area contributed by atoms with Crippen LogP contribution in [0, 0.1) is 5.92 Å². The molecule has 5 rings (SSSR count). The maximum atomic E-state index is 9.83. The molecule has 0 amide bonds. The number of aromatic hydroxyl groups is 1. The van der Waals surface area contributed by atoms with Crippen molar-refractivity contribution in [1.29, 1.82) is 0 Å². The second-order valence-corrected chi connectivity index (χ2v) is 8.66. The van der Waals surface area contributed by atoms with Gasteiger partial charge in [0, 0.05) is 12.6 Å². The predicted molar refractivity (Wildman–Crippen MR) is 114 cm³/mol. The molecule has 0 bridgehead atoms. The minimum Gasteiger partial charge on any atom is -0.508 e. The predicted octanol–water partition coefficient (Wildman–Crippen LogP) is 3.16. The lowest BCUT2D eigenvalue weighted by molar-refractivity contribution is 0.276. The monoisotopic (exact) mass is 393 g/mol. The molecule has 1 saturated heterocycles. The van der Waals surface area contributed by atoms with E-state index in [4.69, 9.17) is 4.98 Å². The van der Waals surface area contributed by atoms with Gasteiger partial charge in [0.15, 0.2) is 0 Å². The molecule has 5 N–H and O–H groups in total. The molecule has 2 fully saturated rings. The van der Waals surface area contributed by atoms with E-state index >= 15 is 0 Å². The number of nitrogens with zero attached hydrogens (tertiary/aromatic N) is 1. The molecule has 6 heteroatoms. The number of phenolic OH excluding ortho intramolecular Hbond substituents is 1. The van der Waals surface area contributed by atoms with Gasteiger partial charge in [0.2, 0.25) is 0 Å². The fraction of sp³-hybridized carbons (Fsp3) is 0.522. The molecule has 154 valence electrons. The number of aryl methyl sites for hydroxylation is 1. The molecule has 4 atom stereocenters. The van der Waals surface area contributed by atoms with Crippen LogP contribution in [0.25, 0.3) is 5.57 Å². The van der Waals surface area contributed by atoms with Gasteiger partial charge in [-0.2, -0.15) is 0 Å². The first-order chi connectivity index (χ1) is 14.2. The summed E-state index contributed by atoms with van der Waals surface area (Å²) in [5.41, 5.74) is 12.2. The van der Waals surface area contributed by atoms with E-state index in [1.807, 2.05) is 18.3 Å². The number of fused-ring (bicyclic) bond motifs is 1. The SMILES string of the molecule is CCc1cc(O)ccc1C1CCC2C(C1)NNC2c1ncc(C2=CCCNC2)[nH]1. The van der Waals surface area contributed by atoms with Crippen LogP contribution in [0.1, 0.15) is 67.2 Å². The Morgan fingerprint density at radius 1 is 1.21 bits per heavy atom. The van der Waals surface area contributed by atoms with Crippen molar-refractivity contribution in [3.63, 3.8) is 0 Å². The van der Waals surface area contributed by atoms with Crippen LogP contribution in [0.3, 0.4) is 0 Å². The highest BCUT2D eigenvalue weighted by Gasteiger charge is 2.42. The number of aromatic nitrogens is 2. The Labute approximate surface area is 172 Å². The Kier molecular flexibility index (Phi) is 5.16. The number of H-pyrrole nitrogens is 1. The fourth-order valence-electron chi connectivity index (χ4n) is 5.42. The van der Waals surface area contributed by atoms with E-state index in [-0.39, 0.29) is 6.04 Å². The van der Waals surface area contributed by atoms with Crippen molar-refractivity contribution in [2.45, 2.75) is 57.0 Å². The van der Waals surface area contributed by atoms with Crippen LogP contribution >= 0.6 is 0 Å². The second kappa shape index (κ2) is 7.94. The third-order valence-corrected chi connectivity index (χ3v) is 6.97. The van der Waals surface area contributed by atoms with E-state index < -0.39 is 0 Å². The number of nitrogens with one attached hydrogen (secondary N) is 4. The van der Waals surface area contributed by atoms with Gasteiger partial charge in [0.05, 0.1) is 17.9 Å². The molecule has 2 aromatic rings. The number of aromatic amines is 1. The van der Waals surface area contributed by atoms with Crippen LogP contribution in [0.5, 0.6) is 5.75 Å². The molecule has 1 aromatic carbocycles. The molecule has 0 spiro atoms. The number of hydrogen-bond acceptors (Lipinski definition) is 5. The lowest BCUT2D eigenvalue weighted by Gasteiger charge is -2.33. The zero-order valence-corrected chi connectivity index (χ0v) is 17.0. The molecule has 3 aliphatic rings. The Morgan fingerprint density at radius 3 is 2.97 bits per heavy atom. The summed E-state index contributed by atoms with van der Waals surface area (Å²) in [6.45, 7) is 4.14. The summed E-state index contributed by atoms with van der Waals surface area (Å²) in [5, 5.41) is 13.3. The van der Waals surface area contributed by atoms with Crippen molar-refractivity contribution in [2.75, 3.05) is 13.1 Å². The summed E-state index contributed by atoms with van der Waals surface area (Å²) < 4.78 is 0. The first-order valence-corrected chi connectivity index (χ1v) is 11.0. The average Bonchev–Trinajstić information content (AvgIpc) is 3.41. The number of phenols is 1. The summed E-state index contributed by atoms with van der Waals surface area (Å²) in [6.07, 6.45) is 9.81. The van der Waals surface area contributed by atoms with Gasteiger partial charge in [-0.15, -0.1) is 0 Å². The Balaban J connectivity index is 1.30. The topological polar surface area (TPSA) is 85.0 Å². The number of hydrogen-bond donors (Lipinski definition) is 5. The van der Waals surface area contributed by atoms with E-state index in [1.54, 1.807) is 0 Å². The molecule has 2 aliphatic heterocycles. The van der Waals surface area contributed by atoms with Crippen LogP contribution in [-0.2, 0) is 6.42 Å². The molecular weight excluding hydrogens is 362 g/mol. The lowest BCUT2D eigenvalue weighted by Crippen LogP contribution is -2.35. The van der Waals surface area contributed by atoms with Gasteiger partial charge in [-0.25, -0.2) is 10.4 Å². The number of rotatable bonds is 4. The van der Waals surface area contributed by atoms with E-state index in [9.17, 15) is 5.11 Å². The van der Waals surface area contributed by atoms with Crippen molar-refractivity contribution in [1.82, 2.24) is 26.1 Å². The first kappa shape index (κ1) is 18.9. The zero-order chi connectivity index (χ0) is 19.8. The quantitative estimate of drug-likeness (QED) is 0.551. The van der Waals surface area contributed by atoms with Crippen molar-refractivity contribution in [2.24, 2.45) is 5.92 Å². The maximum absolute atomic E-state index is 9.83. The third-order valence-electron chi connectivity index (χ3n) is 6.97. The van der Waals surface area contributed by atoms with E-state index in [1.165, 1.54) is 29.5 Å². The normalized spacial score (nSPS) is 29.5. The number of hydrazine groups is 1. The first-order valence-electron chi connectivity index (χ1n) is 11.0. The van der Waals surface area contributed by atoms with Crippen LogP contribution in [0.4, 0.5) is 0 Å². The summed E-state index contributed by atoms with van der Waals surface area (Å²) in [6, 6.07) is 6.58. The van der Waals surface area contributed by atoms with E-state index in [0.29, 0.717) is 23.6 Å². The molecule has 1 aromatic heterocycles. The van der Waals surface area contributed by atoms with Gasteiger partial charge in [-0.1, -0.05) is 19.1 Å². The van der Waals surface area contributed by atoms with Crippen LogP contribution in [0.2, 0.25) is 0 Å². The highest BCUT2D eigenvalue weighted by molar-refractivity contribution is 5.64. The van der Waals surface area contributed by atoms with Gasteiger partial charge in [0.25, 0.3) is 0 Å². The summed E-state index contributed by atoms with van der Waals surface area (Å²) in [4.78, 5) is 8.30. The highest BCUT2D eigenvalue weighted by Crippen LogP contribution is 2.44. The molecular formula is C23H31N5O. The lowest BCUT2D eigenvalue weighted by atomic mass is 9.73. The fourth-order valence-corrected chi connectivity index (χ4v) is 5.42. The summed E-state index contributed by atoms with van der Waals surface area (Å²) in [5.74, 6) is 2.51. The molecule has 4 unspecified atom stereocenters. The van der Waals surface area contributed by atoms with Gasteiger partial charge >= 0.3 is 0 Å². The minimum absolute atomic E-state index is 0.234. The zero-order valence-electron chi connectivity index (χ0n) is 17.0. The molecule has 29 heavy (non-hydrogen) atoms. The highest BCUT2D eigenvalue weighted by atomic mass is 16.3. The van der Waals surface area contributed by atoms with Gasteiger partial charge in [0.1, 0.15) is 11.6 Å². The number of imidazole rings is 1. The molecule has 1 aliphatic carbocycles. The summed E-state index contributed by atoms with van der Waals surface area (Å²) >= 11 is 0. The number of benzene rings is 1. The smallest absolute Gasteiger partial charge is 0.125 e. The van der Waals surface area contributed by atoms with Gasteiger partial charge in [-0.05, 0) is 79.3 Å². The van der Waals surface area contributed by atoms with E-state index in [2.05, 4.69) is 40.2 Å². The Morgan fingerprint density at radius 2 is 2.14 bits per heavy atom. The Hall–Kier alpha value is -2.15. The van der Waals surface area contributed by atoms with Crippen molar-refractivity contribution < 1.29 is 5.11 Å². The second-order valence-electron chi connectivity index (χ2n) is 8.66. The molecule has 6 nitrogen and oxygen atoms in total. The van der Waals surface area contributed by atoms with Crippen molar-refractivity contribution in [3.05, 3.63) is 53.1 Å². The molecule has 1 saturated carbocycles. The maximum Gasteiger partial charge on any atom is 0.125 e. The largest absolute Gasteiger partial charge is 0.508 e. The van der Waals surface area contributed by atoms with Crippen LogP contribution < -0.4 is 16.2 Å². The molecule has 3 heterocycles. The van der Waals surface area contributed by atoms with Crippen LogP contribution in [0.15, 0.2) is 30.5 Å². The average molecular weight is 394 g/mol. The standard InChI is InChI=1S/C23H31N5O/c1-2-14-10-17(29)6-8-18(14)15-5-7-19-20(11-15)27-28-22(19)23-25-13-21(26-23)16-4-3-9-24-12-16/h4,6,8,10,13,15,19-20,22,24,27-29H,2-3,5,7,9,11-12H2,1H3,(H,25,26). The Bertz CT molecular complexity index is 904. The van der Waals surface area contributed by atoms with Crippen molar-refractivity contribution in [3.8, 4) is 5.75 Å². The van der Waals surface area contributed by atoms with Gasteiger partial charge in [-0.3, -0.25) is 5.43 Å². The van der Waals surface area contributed by atoms with Crippen LogP contribution in [-0.4, -0.2) is 34.2 Å². The van der Waals surface area contributed by atoms with Gasteiger partial charge < -0.3 is 15.4 Å². The van der Waals surface area contributed by atoms with Crippen molar-refractivity contribution >= 4 is 5.57 Å². The summed E-state index contributed by atoms with van der Waals surface area (Å²) in [7, 11) is 0. The molecule has 0 radical (unpaired) electrons. The minimum atomic E-state index is 0.234.